The number of aromatic nitrogens is 1. The number of amides is 1. The van der Waals surface area contributed by atoms with E-state index in [1.165, 1.54) is 4.57 Å². The molecule has 2 rings (SSSR count). The highest BCUT2D eigenvalue weighted by molar-refractivity contribution is 9.10. The predicted octanol–water partition coefficient (Wildman–Crippen LogP) is 3.40. The molecule has 0 spiro atoms. The van der Waals surface area contributed by atoms with Gasteiger partial charge in [-0.3, -0.25) is 4.79 Å². The lowest BCUT2D eigenvalue weighted by Gasteiger charge is -2.31. The Morgan fingerprint density at radius 2 is 1.83 bits per heavy atom. The average Bonchev–Trinajstić information content (AvgIpc) is 2.44. The first-order chi connectivity index (χ1) is 11.1. The van der Waals surface area contributed by atoms with Crippen LogP contribution in [0.5, 0.6) is 0 Å². The number of carbonyl (C=O) groups excluding carboxylic acids is 1. The first-order valence-electron chi connectivity index (χ1n) is 8.26. The molecule has 1 amide bonds. The van der Waals surface area contributed by atoms with E-state index in [9.17, 15) is 9.59 Å². The third-order valence-corrected chi connectivity index (χ3v) is 4.62. The maximum absolute atomic E-state index is 11.8. The average molecular weight is 400 g/mol. The summed E-state index contributed by atoms with van der Waals surface area (Å²) in [5, 5.41) is 6.36. The highest BCUT2D eigenvalue weighted by Crippen LogP contribution is 2.26. The third-order valence-electron chi connectivity index (χ3n) is 3.99. The standard InChI is InChI=1S/C17H26BrN3O3/c1-17(2,3)24-16(23)20-12-7-5-11(6-8-12)19-14-9-15(22)21(4)10-13(14)18/h9-12,19H,5-8H2,1-4H3,(H,20,23). The predicted molar refractivity (Wildman–Crippen MR) is 98.4 cm³/mol. The number of alkyl carbamates (subject to hydrolysis) is 1. The first kappa shape index (κ1) is 18.8. The van der Waals surface area contributed by atoms with Crippen LogP contribution in [0.2, 0.25) is 0 Å². The topological polar surface area (TPSA) is 72.4 Å². The van der Waals surface area contributed by atoms with E-state index in [2.05, 4.69) is 26.6 Å². The van der Waals surface area contributed by atoms with Gasteiger partial charge in [0.05, 0.1) is 10.2 Å². The molecule has 2 N–H and O–H groups in total. The minimum Gasteiger partial charge on any atom is -0.444 e. The summed E-state index contributed by atoms with van der Waals surface area (Å²) < 4.78 is 7.71. The number of nitrogens with zero attached hydrogens (tertiary/aromatic N) is 1. The van der Waals surface area contributed by atoms with Crippen molar-refractivity contribution in [3.8, 4) is 0 Å². The molecule has 24 heavy (non-hydrogen) atoms. The van der Waals surface area contributed by atoms with Gasteiger partial charge in [0.1, 0.15) is 5.60 Å². The van der Waals surface area contributed by atoms with Gasteiger partial charge < -0.3 is 19.9 Å². The molecule has 1 saturated carbocycles. The van der Waals surface area contributed by atoms with Crippen LogP contribution in [0, 0.1) is 0 Å². The molecule has 0 aromatic carbocycles. The lowest BCUT2D eigenvalue weighted by molar-refractivity contribution is 0.0492. The zero-order valence-electron chi connectivity index (χ0n) is 14.7. The van der Waals surface area contributed by atoms with Gasteiger partial charge in [-0.15, -0.1) is 0 Å². The van der Waals surface area contributed by atoms with Crippen molar-refractivity contribution in [1.29, 1.82) is 0 Å². The molecule has 0 radical (unpaired) electrons. The Hall–Kier alpha value is -1.50. The summed E-state index contributed by atoms with van der Waals surface area (Å²) in [5.74, 6) is 0. The second-order valence-electron chi connectivity index (χ2n) is 7.32. The molecule has 134 valence electrons. The quantitative estimate of drug-likeness (QED) is 0.816. The lowest BCUT2D eigenvalue weighted by atomic mass is 9.91. The van der Waals surface area contributed by atoms with Gasteiger partial charge >= 0.3 is 6.09 Å². The van der Waals surface area contributed by atoms with Crippen LogP contribution in [0.15, 0.2) is 21.5 Å². The van der Waals surface area contributed by atoms with Crippen LogP contribution in [0.3, 0.4) is 0 Å². The van der Waals surface area contributed by atoms with E-state index in [1.807, 2.05) is 20.8 Å². The Bertz CT molecular complexity index is 643. The second-order valence-corrected chi connectivity index (χ2v) is 8.18. The molecule has 1 aromatic rings. The fourth-order valence-corrected chi connectivity index (χ4v) is 3.32. The zero-order chi connectivity index (χ0) is 17.9. The molecule has 0 saturated heterocycles. The van der Waals surface area contributed by atoms with E-state index in [1.54, 1.807) is 19.3 Å². The van der Waals surface area contributed by atoms with E-state index in [-0.39, 0.29) is 17.7 Å². The largest absolute Gasteiger partial charge is 0.444 e. The van der Waals surface area contributed by atoms with Gasteiger partial charge in [-0.1, -0.05) is 0 Å². The number of rotatable bonds is 3. The van der Waals surface area contributed by atoms with E-state index < -0.39 is 5.60 Å². The van der Waals surface area contributed by atoms with Gasteiger partial charge in [0.25, 0.3) is 5.56 Å². The Kier molecular flexibility index (Phi) is 5.96. The van der Waals surface area contributed by atoms with Gasteiger partial charge in [0.15, 0.2) is 0 Å². The smallest absolute Gasteiger partial charge is 0.407 e. The highest BCUT2D eigenvalue weighted by Gasteiger charge is 2.25. The van der Waals surface area contributed by atoms with Crippen molar-refractivity contribution < 1.29 is 9.53 Å². The molecule has 0 atom stereocenters. The van der Waals surface area contributed by atoms with Gasteiger partial charge in [-0.2, -0.15) is 0 Å². The number of pyridine rings is 1. The van der Waals surface area contributed by atoms with Crippen LogP contribution >= 0.6 is 15.9 Å². The Balaban J connectivity index is 1.84. The molecular weight excluding hydrogens is 374 g/mol. The number of halogens is 1. The third kappa shape index (κ3) is 5.54. The number of carbonyl (C=O) groups is 1. The van der Waals surface area contributed by atoms with Gasteiger partial charge in [-0.25, -0.2) is 4.79 Å². The van der Waals surface area contributed by atoms with Crippen LogP contribution in [0.1, 0.15) is 46.5 Å². The summed E-state index contributed by atoms with van der Waals surface area (Å²) in [6.45, 7) is 5.57. The number of anilines is 1. The molecule has 1 aromatic heterocycles. The zero-order valence-corrected chi connectivity index (χ0v) is 16.3. The van der Waals surface area contributed by atoms with Crippen LogP contribution in [0.25, 0.3) is 0 Å². The number of nitrogens with one attached hydrogen (secondary N) is 2. The first-order valence-corrected chi connectivity index (χ1v) is 9.05. The van der Waals surface area contributed by atoms with Crippen molar-refractivity contribution >= 4 is 27.7 Å². The molecule has 1 aliphatic rings. The SMILES string of the molecule is Cn1cc(Br)c(NC2CCC(NC(=O)OC(C)(C)C)CC2)cc1=O. The maximum atomic E-state index is 11.8. The highest BCUT2D eigenvalue weighted by atomic mass is 79.9. The van der Waals surface area contributed by atoms with Crippen molar-refractivity contribution in [1.82, 2.24) is 9.88 Å². The van der Waals surface area contributed by atoms with Gasteiger partial charge in [0.2, 0.25) is 0 Å². The summed E-state index contributed by atoms with van der Waals surface area (Å²) in [7, 11) is 1.73. The molecule has 1 heterocycles. The molecule has 7 heteroatoms. The minimum atomic E-state index is -0.478. The van der Waals surface area contributed by atoms with Gasteiger partial charge in [0, 0.05) is 31.4 Å². The van der Waals surface area contributed by atoms with Crippen molar-refractivity contribution in [2.75, 3.05) is 5.32 Å². The summed E-state index contributed by atoms with van der Waals surface area (Å²) in [6.07, 6.45) is 5.05. The van der Waals surface area contributed by atoms with Crippen molar-refractivity contribution in [2.24, 2.45) is 7.05 Å². The number of hydrogen-bond acceptors (Lipinski definition) is 4. The Morgan fingerprint density at radius 1 is 1.25 bits per heavy atom. The van der Waals surface area contributed by atoms with E-state index in [4.69, 9.17) is 4.74 Å². The summed E-state index contributed by atoms with van der Waals surface area (Å²) in [6, 6.07) is 2.05. The maximum Gasteiger partial charge on any atom is 0.407 e. The van der Waals surface area contributed by atoms with E-state index in [0.717, 1.165) is 35.8 Å². The monoisotopic (exact) mass is 399 g/mol. The lowest BCUT2D eigenvalue weighted by Crippen LogP contribution is -2.42. The fourth-order valence-electron chi connectivity index (χ4n) is 2.78. The van der Waals surface area contributed by atoms with Crippen molar-refractivity contribution in [3.63, 3.8) is 0 Å². The van der Waals surface area contributed by atoms with Gasteiger partial charge in [-0.05, 0) is 62.4 Å². The summed E-state index contributed by atoms with van der Waals surface area (Å²) in [5.41, 5.74) is 0.303. The summed E-state index contributed by atoms with van der Waals surface area (Å²) >= 11 is 3.48. The minimum absolute atomic E-state index is 0.0408. The molecule has 1 fully saturated rings. The molecule has 0 bridgehead atoms. The fraction of sp³-hybridized carbons (Fsp3) is 0.647. The molecule has 1 aliphatic carbocycles. The Labute approximate surface area is 151 Å². The molecule has 0 unspecified atom stereocenters. The van der Waals surface area contributed by atoms with Crippen LogP contribution < -0.4 is 16.2 Å². The normalized spacial score (nSPS) is 21.2. The van der Waals surface area contributed by atoms with E-state index >= 15 is 0 Å². The molecule has 6 nitrogen and oxygen atoms in total. The van der Waals surface area contributed by atoms with Crippen LogP contribution in [-0.2, 0) is 11.8 Å². The number of hydrogen-bond donors (Lipinski definition) is 2. The van der Waals surface area contributed by atoms with Crippen LogP contribution in [0.4, 0.5) is 10.5 Å². The second kappa shape index (κ2) is 7.59. The van der Waals surface area contributed by atoms with Crippen molar-refractivity contribution in [2.45, 2.75) is 64.1 Å². The molecule has 0 aliphatic heterocycles. The van der Waals surface area contributed by atoms with E-state index in [0.29, 0.717) is 6.04 Å². The Morgan fingerprint density at radius 3 is 2.42 bits per heavy atom. The number of aryl methyl sites for hydroxylation is 1. The molecular formula is C17H26BrN3O3. The number of ether oxygens (including phenoxy) is 1. The summed E-state index contributed by atoms with van der Waals surface area (Å²) in [4.78, 5) is 23.6. The van der Waals surface area contributed by atoms with Crippen LogP contribution in [-0.4, -0.2) is 28.3 Å². The van der Waals surface area contributed by atoms with Crippen molar-refractivity contribution in [3.05, 3.63) is 27.1 Å².